The molecular formula is C25H29FN2O4. The number of amides is 1. The first-order valence-electron chi connectivity index (χ1n) is 10.5. The molecule has 7 heteroatoms. The summed E-state index contributed by atoms with van der Waals surface area (Å²) in [6.07, 6.45) is -0.596. The van der Waals surface area contributed by atoms with Crippen LogP contribution in [-0.2, 0) is 16.1 Å². The number of nitrogens with zero attached hydrogens (tertiary/aromatic N) is 2. The SMILES string of the molecule is CC(C)C(=O)N(C)c1ccc(OCc2cc3ccc(F)cc3n2C(=O)OC(C)(C)C)cc1. The summed E-state index contributed by atoms with van der Waals surface area (Å²) in [5, 5.41) is 0.708. The normalized spacial score (nSPS) is 11.6. The lowest BCUT2D eigenvalue weighted by Crippen LogP contribution is -2.30. The van der Waals surface area contributed by atoms with E-state index in [1.54, 1.807) is 69.1 Å². The Hall–Kier alpha value is -3.35. The number of rotatable bonds is 5. The highest BCUT2D eigenvalue weighted by atomic mass is 19.1. The molecule has 0 N–H and O–H groups in total. The van der Waals surface area contributed by atoms with Crippen LogP contribution in [-0.4, -0.2) is 29.2 Å². The first-order chi connectivity index (χ1) is 15.0. The van der Waals surface area contributed by atoms with Crippen molar-refractivity contribution in [2.24, 2.45) is 5.92 Å². The molecule has 1 amide bonds. The molecule has 0 saturated heterocycles. The van der Waals surface area contributed by atoms with Crippen molar-refractivity contribution in [3.8, 4) is 5.75 Å². The molecule has 0 saturated carbocycles. The van der Waals surface area contributed by atoms with Gasteiger partial charge in [0.05, 0.1) is 11.2 Å². The Balaban J connectivity index is 1.84. The second-order valence-electron chi connectivity index (χ2n) is 8.99. The Kier molecular flexibility index (Phi) is 6.57. The van der Waals surface area contributed by atoms with Crippen LogP contribution < -0.4 is 9.64 Å². The highest BCUT2D eigenvalue weighted by Crippen LogP contribution is 2.25. The standard InChI is InChI=1S/C25H29FN2O4/c1-16(2)23(29)27(6)19-9-11-21(12-10-19)31-15-20-13-17-7-8-18(26)14-22(17)28(20)24(30)32-25(3,4)5/h7-14,16H,15H2,1-6H3. The van der Waals surface area contributed by atoms with Gasteiger partial charge in [-0.15, -0.1) is 0 Å². The quantitative estimate of drug-likeness (QED) is 0.506. The molecule has 0 radical (unpaired) electrons. The van der Waals surface area contributed by atoms with E-state index in [0.29, 0.717) is 22.3 Å². The van der Waals surface area contributed by atoms with Crippen LogP contribution in [0.4, 0.5) is 14.9 Å². The number of aromatic nitrogens is 1. The highest BCUT2D eigenvalue weighted by molar-refractivity contribution is 5.94. The second-order valence-corrected chi connectivity index (χ2v) is 8.99. The third-order valence-corrected chi connectivity index (χ3v) is 4.85. The predicted octanol–water partition coefficient (Wildman–Crippen LogP) is 5.76. The van der Waals surface area contributed by atoms with Gasteiger partial charge in [-0.05, 0) is 69.3 Å². The summed E-state index contributed by atoms with van der Waals surface area (Å²) < 4.78 is 26.6. The molecule has 170 valence electrons. The highest BCUT2D eigenvalue weighted by Gasteiger charge is 2.23. The number of fused-ring (bicyclic) bond motifs is 1. The molecule has 1 aromatic heterocycles. The molecule has 0 bridgehead atoms. The molecule has 3 aromatic rings. The third-order valence-electron chi connectivity index (χ3n) is 4.85. The zero-order chi connectivity index (χ0) is 23.6. The van der Waals surface area contributed by atoms with Gasteiger partial charge in [-0.2, -0.15) is 0 Å². The maximum absolute atomic E-state index is 13.9. The van der Waals surface area contributed by atoms with Crippen LogP contribution in [0.1, 0.15) is 40.3 Å². The minimum absolute atomic E-state index is 0.0211. The zero-order valence-electron chi connectivity index (χ0n) is 19.3. The van der Waals surface area contributed by atoms with Crippen molar-refractivity contribution < 1.29 is 23.5 Å². The molecular weight excluding hydrogens is 411 g/mol. The topological polar surface area (TPSA) is 60.8 Å². The van der Waals surface area contributed by atoms with Crippen molar-refractivity contribution >= 4 is 28.6 Å². The molecule has 2 aromatic carbocycles. The van der Waals surface area contributed by atoms with Gasteiger partial charge in [0.2, 0.25) is 5.91 Å². The van der Waals surface area contributed by atoms with Crippen molar-refractivity contribution in [1.29, 1.82) is 0 Å². The Labute approximate surface area is 187 Å². The average Bonchev–Trinajstić information content (AvgIpc) is 3.07. The van der Waals surface area contributed by atoms with Gasteiger partial charge in [-0.3, -0.25) is 4.79 Å². The van der Waals surface area contributed by atoms with E-state index in [9.17, 15) is 14.0 Å². The van der Waals surface area contributed by atoms with Crippen LogP contribution in [0.2, 0.25) is 0 Å². The summed E-state index contributed by atoms with van der Waals surface area (Å²) in [5.41, 5.74) is 1.02. The number of ether oxygens (including phenoxy) is 2. The third kappa shape index (κ3) is 5.28. The number of carbonyl (C=O) groups is 2. The van der Waals surface area contributed by atoms with Gasteiger partial charge < -0.3 is 14.4 Å². The van der Waals surface area contributed by atoms with Gasteiger partial charge in [0.15, 0.2) is 0 Å². The van der Waals surface area contributed by atoms with Crippen molar-refractivity contribution in [1.82, 2.24) is 4.57 Å². The Morgan fingerprint density at radius 2 is 1.72 bits per heavy atom. The average molecular weight is 441 g/mol. The van der Waals surface area contributed by atoms with Crippen LogP contribution in [0.3, 0.4) is 0 Å². The molecule has 0 spiro atoms. The fourth-order valence-electron chi connectivity index (χ4n) is 3.30. The van der Waals surface area contributed by atoms with E-state index in [-0.39, 0.29) is 18.4 Å². The summed E-state index contributed by atoms with van der Waals surface area (Å²) in [5.74, 6) is 0.0539. The van der Waals surface area contributed by atoms with Gasteiger partial charge in [-0.25, -0.2) is 13.8 Å². The predicted molar refractivity (Wildman–Crippen MR) is 123 cm³/mol. The molecule has 0 atom stereocenters. The van der Waals surface area contributed by atoms with E-state index >= 15 is 0 Å². The lowest BCUT2D eigenvalue weighted by atomic mass is 10.2. The van der Waals surface area contributed by atoms with Gasteiger partial charge in [0.25, 0.3) is 0 Å². The molecule has 0 aliphatic carbocycles. The van der Waals surface area contributed by atoms with Gasteiger partial charge in [0, 0.05) is 24.0 Å². The molecule has 32 heavy (non-hydrogen) atoms. The number of hydrogen-bond donors (Lipinski definition) is 0. The van der Waals surface area contributed by atoms with E-state index in [2.05, 4.69) is 0 Å². The van der Waals surface area contributed by atoms with Gasteiger partial charge in [0.1, 0.15) is 23.8 Å². The minimum atomic E-state index is -0.700. The summed E-state index contributed by atoms with van der Waals surface area (Å²) >= 11 is 0. The van der Waals surface area contributed by atoms with Crippen LogP contribution in [0.5, 0.6) is 5.75 Å². The Bertz CT molecular complexity index is 1130. The molecule has 0 fully saturated rings. The van der Waals surface area contributed by atoms with E-state index in [0.717, 1.165) is 5.69 Å². The van der Waals surface area contributed by atoms with Crippen molar-refractivity contribution in [3.05, 3.63) is 60.0 Å². The lowest BCUT2D eigenvalue weighted by molar-refractivity contribution is -0.121. The summed E-state index contributed by atoms with van der Waals surface area (Å²) in [4.78, 5) is 26.6. The van der Waals surface area contributed by atoms with E-state index in [4.69, 9.17) is 9.47 Å². The maximum Gasteiger partial charge on any atom is 0.419 e. The monoisotopic (exact) mass is 440 g/mol. The van der Waals surface area contributed by atoms with Crippen molar-refractivity contribution in [2.75, 3.05) is 11.9 Å². The van der Waals surface area contributed by atoms with E-state index in [1.807, 2.05) is 13.8 Å². The number of halogens is 1. The number of anilines is 1. The summed E-state index contributed by atoms with van der Waals surface area (Å²) in [7, 11) is 1.73. The smallest absolute Gasteiger partial charge is 0.419 e. The molecule has 1 heterocycles. The van der Waals surface area contributed by atoms with Gasteiger partial charge >= 0.3 is 6.09 Å². The molecule has 0 aliphatic heterocycles. The Morgan fingerprint density at radius 1 is 1.06 bits per heavy atom. The zero-order valence-corrected chi connectivity index (χ0v) is 19.3. The van der Waals surface area contributed by atoms with Crippen LogP contribution in [0.15, 0.2) is 48.5 Å². The van der Waals surface area contributed by atoms with Crippen LogP contribution >= 0.6 is 0 Å². The molecule has 0 aliphatic rings. The first-order valence-corrected chi connectivity index (χ1v) is 10.5. The summed E-state index contributed by atoms with van der Waals surface area (Å²) in [6, 6.07) is 13.2. The first kappa shape index (κ1) is 23.3. The fraction of sp³-hybridized carbons (Fsp3) is 0.360. The second kappa shape index (κ2) is 9.02. The lowest BCUT2D eigenvalue weighted by Gasteiger charge is -2.21. The van der Waals surface area contributed by atoms with Crippen molar-refractivity contribution in [2.45, 2.75) is 46.8 Å². The Morgan fingerprint density at radius 3 is 2.31 bits per heavy atom. The number of carbonyl (C=O) groups excluding carboxylic acids is 2. The van der Waals surface area contributed by atoms with Crippen molar-refractivity contribution in [3.63, 3.8) is 0 Å². The fourth-order valence-corrected chi connectivity index (χ4v) is 3.30. The summed E-state index contributed by atoms with van der Waals surface area (Å²) in [6.45, 7) is 9.11. The molecule has 0 unspecified atom stereocenters. The van der Waals surface area contributed by atoms with Crippen LogP contribution in [0.25, 0.3) is 10.9 Å². The molecule has 6 nitrogen and oxygen atoms in total. The van der Waals surface area contributed by atoms with Crippen LogP contribution in [0, 0.1) is 11.7 Å². The van der Waals surface area contributed by atoms with E-state index < -0.39 is 17.5 Å². The van der Waals surface area contributed by atoms with E-state index in [1.165, 1.54) is 16.7 Å². The number of hydrogen-bond acceptors (Lipinski definition) is 4. The largest absolute Gasteiger partial charge is 0.487 e. The maximum atomic E-state index is 13.9. The minimum Gasteiger partial charge on any atom is -0.487 e. The molecule has 3 rings (SSSR count). The van der Waals surface area contributed by atoms with Gasteiger partial charge in [-0.1, -0.05) is 13.8 Å². The number of benzene rings is 2.